The predicted molar refractivity (Wildman–Crippen MR) is 121 cm³/mol. The van der Waals surface area contributed by atoms with E-state index in [1.165, 1.54) is 6.20 Å². The van der Waals surface area contributed by atoms with Crippen molar-refractivity contribution in [2.24, 2.45) is 11.7 Å². The molecule has 1 aromatic heterocycles. The highest BCUT2D eigenvalue weighted by atomic mass is 32.2. The molecule has 1 unspecified atom stereocenters. The lowest BCUT2D eigenvalue weighted by atomic mass is 9.97. The first-order chi connectivity index (χ1) is 15.7. The van der Waals surface area contributed by atoms with Crippen LogP contribution in [0.4, 0.5) is 13.2 Å². The molecule has 3 N–H and O–H groups in total. The Labute approximate surface area is 195 Å². The van der Waals surface area contributed by atoms with Gasteiger partial charge in [-0.15, -0.1) is 0 Å². The van der Waals surface area contributed by atoms with Crippen LogP contribution in [-0.2, 0) is 20.6 Å². The van der Waals surface area contributed by atoms with E-state index >= 15 is 0 Å². The lowest BCUT2D eigenvalue weighted by Crippen LogP contribution is -2.40. The Hall–Kier alpha value is -2.31. The largest absolute Gasteiger partial charge is 0.473 e. The molecule has 0 aromatic carbocycles. The van der Waals surface area contributed by atoms with Crippen LogP contribution in [0.2, 0.25) is 0 Å². The first kappa shape index (κ1) is 30.7. The molecule has 12 heteroatoms. The lowest BCUT2D eigenvalue weighted by Gasteiger charge is -2.29. The number of nitrogens with two attached hydrogens (primary N) is 1. The number of piperidine rings is 1. The maximum atomic E-state index is 12.6. The first-order valence-corrected chi connectivity index (χ1v) is 11.6. The van der Waals surface area contributed by atoms with Crippen LogP contribution in [0.1, 0.15) is 33.6 Å². The van der Waals surface area contributed by atoms with Crippen LogP contribution in [0, 0.1) is 5.92 Å². The van der Waals surface area contributed by atoms with E-state index in [-0.39, 0.29) is 25.0 Å². The van der Waals surface area contributed by atoms with E-state index in [0.29, 0.717) is 48.6 Å². The summed E-state index contributed by atoms with van der Waals surface area (Å²) in [5, 5.41) is 2.65. The summed E-state index contributed by atoms with van der Waals surface area (Å²) >= 11 is 0. The second-order valence-electron chi connectivity index (χ2n) is 6.57. The summed E-state index contributed by atoms with van der Waals surface area (Å²) in [7, 11) is 0.295. The summed E-state index contributed by atoms with van der Waals surface area (Å²) in [4.78, 5) is 25.7. The fourth-order valence-corrected chi connectivity index (χ4v) is 3.66. The number of nitrogens with zero attached hydrogens (tertiary/aromatic N) is 2. The van der Waals surface area contributed by atoms with E-state index in [1.54, 1.807) is 19.2 Å². The van der Waals surface area contributed by atoms with Gasteiger partial charge in [0.15, 0.2) is 5.78 Å². The molecule has 2 heterocycles. The number of nitrogens with one attached hydrogen (secondary N) is 1. The number of hydrogen-bond acceptors (Lipinski definition) is 6. The maximum absolute atomic E-state index is 12.6. The van der Waals surface area contributed by atoms with Gasteiger partial charge in [0.1, 0.15) is 17.6 Å². The number of alkyl halides is 2. The van der Waals surface area contributed by atoms with Crippen molar-refractivity contribution >= 4 is 22.7 Å². The second-order valence-corrected chi connectivity index (χ2v) is 8.06. The van der Waals surface area contributed by atoms with Gasteiger partial charge >= 0.3 is 0 Å². The fourth-order valence-electron chi connectivity index (χ4n) is 2.49. The minimum atomic E-state index is -2.79. The number of Topliss-reactive ketones (excluding diaryl/α,β-unsaturated/α-hetero) is 1. The molecule has 0 spiro atoms. The summed E-state index contributed by atoms with van der Waals surface area (Å²) in [6.07, 6.45) is 0.475. The average molecular weight is 495 g/mol. The highest BCUT2D eigenvalue weighted by Gasteiger charge is 2.27. The highest BCUT2D eigenvalue weighted by Crippen LogP contribution is 2.22. The van der Waals surface area contributed by atoms with Gasteiger partial charge in [0.05, 0.1) is 11.2 Å². The van der Waals surface area contributed by atoms with Crippen LogP contribution in [0.25, 0.3) is 0 Å². The van der Waals surface area contributed by atoms with E-state index in [1.807, 2.05) is 18.2 Å². The summed E-state index contributed by atoms with van der Waals surface area (Å²) < 4.78 is 53.8. The quantitative estimate of drug-likeness (QED) is 0.574. The minimum absolute atomic E-state index is 0.0209. The average Bonchev–Trinajstić information content (AvgIpc) is 2.85. The van der Waals surface area contributed by atoms with Gasteiger partial charge in [-0.25, -0.2) is 26.7 Å². The number of rotatable bonds is 8. The standard InChI is InChI=1S/C16H23FN4O3S.C3H4F2O.C2H6/c1-19-16(22)13-4-6-21(7-5-13)25(23)14-2-3-15(20-10-14)24-11-12(8-17)9-18;1-2(6)3(4)5;1-2/h2-3,8,10,13H,4-7,9,11,18H2,1H3,(H,19,22);3H,1H3;1-2H3/b12-8+;;. The smallest absolute Gasteiger partial charge is 0.295 e. The van der Waals surface area contributed by atoms with E-state index in [9.17, 15) is 27.0 Å². The van der Waals surface area contributed by atoms with Crippen LogP contribution in [0.3, 0.4) is 0 Å². The molecule has 0 saturated carbocycles. The Morgan fingerprint density at radius 3 is 2.30 bits per heavy atom. The van der Waals surface area contributed by atoms with Crippen LogP contribution < -0.4 is 15.8 Å². The van der Waals surface area contributed by atoms with E-state index in [0.717, 1.165) is 6.92 Å². The Morgan fingerprint density at radius 1 is 1.33 bits per heavy atom. The first-order valence-electron chi connectivity index (χ1n) is 10.5. The molecule has 188 valence electrons. The second kappa shape index (κ2) is 17.2. The number of hydrogen-bond donors (Lipinski definition) is 2. The molecule has 1 aliphatic rings. The molecule has 8 nitrogen and oxygen atoms in total. The van der Waals surface area contributed by atoms with Gasteiger partial charge in [-0.1, -0.05) is 13.8 Å². The normalized spacial score (nSPS) is 15.5. The molecule has 1 atom stereocenters. The summed E-state index contributed by atoms with van der Waals surface area (Å²) in [6.45, 7) is 6.12. The monoisotopic (exact) mass is 494 g/mol. The van der Waals surface area contributed by atoms with E-state index in [4.69, 9.17) is 10.5 Å². The molecule has 1 saturated heterocycles. The van der Waals surface area contributed by atoms with Crippen molar-refractivity contribution in [1.82, 2.24) is 14.6 Å². The molecular weight excluding hydrogens is 461 g/mol. The molecule has 1 aliphatic heterocycles. The Balaban J connectivity index is 0.00000111. The molecular formula is C21H33F3N4O4S. The number of ether oxygens (including phenoxy) is 1. The SMILES string of the molecule is CC.CC(=O)C(F)F.CNC(=O)C1CCN(S(=O)c2ccc(OC/C(=C/F)CN)nc2)CC1. The van der Waals surface area contributed by atoms with E-state index in [2.05, 4.69) is 10.3 Å². The van der Waals surface area contributed by atoms with Crippen LogP contribution in [0.5, 0.6) is 5.88 Å². The summed E-state index contributed by atoms with van der Waals surface area (Å²) in [5.74, 6) is -0.748. The lowest BCUT2D eigenvalue weighted by molar-refractivity contribution is -0.127. The Morgan fingerprint density at radius 2 is 1.91 bits per heavy atom. The van der Waals surface area contributed by atoms with Gasteiger partial charge in [0, 0.05) is 57.4 Å². The molecule has 0 bridgehead atoms. The van der Waals surface area contributed by atoms with Crippen molar-refractivity contribution < 1.29 is 31.7 Å². The third-order valence-electron chi connectivity index (χ3n) is 4.35. The molecule has 1 fully saturated rings. The molecule has 2 rings (SSSR count). The van der Waals surface area contributed by atoms with Crippen molar-refractivity contribution in [2.45, 2.75) is 44.9 Å². The van der Waals surface area contributed by atoms with Crippen LogP contribution >= 0.6 is 0 Å². The number of halogens is 3. The zero-order chi connectivity index (χ0) is 25.4. The number of pyridine rings is 1. The van der Waals surface area contributed by atoms with Crippen molar-refractivity contribution in [3.05, 3.63) is 30.2 Å². The van der Waals surface area contributed by atoms with Gasteiger partial charge < -0.3 is 15.8 Å². The third kappa shape index (κ3) is 11.4. The van der Waals surface area contributed by atoms with Gasteiger partial charge in [-0.3, -0.25) is 9.59 Å². The number of ketones is 1. The molecule has 33 heavy (non-hydrogen) atoms. The molecule has 1 amide bonds. The van der Waals surface area contributed by atoms with Crippen molar-refractivity contribution in [3.8, 4) is 5.88 Å². The van der Waals surface area contributed by atoms with Gasteiger partial charge in [0.2, 0.25) is 11.8 Å². The number of carbonyl (C=O) groups excluding carboxylic acids is 2. The number of aromatic nitrogens is 1. The van der Waals surface area contributed by atoms with Crippen LogP contribution in [0.15, 0.2) is 35.1 Å². The summed E-state index contributed by atoms with van der Waals surface area (Å²) in [6, 6.07) is 3.27. The Bertz CT molecular complexity index is 771. The van der Waals surface area contributed by atoms with Crippen molar-refractivity contribution in [1.29, 1.82) is 0 Å². The van der Waals surface area contributed by atoms with Gasteiger partial charge in [-0.2, -0.15) is 0 Å². The number of amides is 1. The van der Waals surface area contributed by atoms with Crippen molar-refractivity contribution in [2.75, 3.05) is 33.3 Å². The maximum Gasteiger partial charge on any atom is 0.295 e. The molecule has 1 aromatic rings. The third-order valence-corrected chi connectivity index (χ3v) is 5.82. The molecule has 0 aliphatic carbocycles. The summed E-state index contributed by atoms with van der Waals surface area (Å²) in [5.41, 5.74) is 5.68. The minimum Gasteiger partial charge on any atom is -0.473 e. The zero-order valence-electron chi connectivity index (χ0n) is 19.4. The molecule has 0 radical (unpaired) electrons. The number of carbonyl (C=O) groups is 2. The Kier molecular flexibility index (Phi) is 16.0. The zero-order valence-corrected chi connectivity index (χ0v) is 20.2. The fraction of sp³-hybridized carbons (Fsp3) is 0.571. The topological polar surface area (TPSA) is 115 Å². The van der Waals surface area contributed by atoms with Crippen LogP contribution in [-0.4, -0.2) is 64.9 Å². The van der Waals surface area contributed by atoms with E-state index < -0.39 is 23.2 Å². The van der Waals surface area contributed by atoms with Gasteiger partial charge in [-0.05, 0) is 18.9 Å². The van der Waals surface area contributed by atoms with Crippen molar-refractivity contribution in [3.63, 3.8) is 0 Å². The predicted octanol–water partition coefficient (Wildman–Crippen LogP) is 2.62. The highest BCUT2D eigenvalue weighted by molar-refractivity contribution is 7.82. The van der Waals surface area contributed by atoms with Gasteiger partial charge in [0.25, 0.3) is 6.43 Å².